The molecule has 4 heteroatoms. The average Bonchev–Trinajstić information content (AvgIpc) is 2.35. The zero-order valence-corrected chi connectivity index (χ0v) is 11.9. The van der Waals surface area contributed by atoms with Crippen molar-refractivity contribution in [1.29, 1.82) is 0 Å². The number of unbranched alkanes of at least 4 members (excludes halogenated alkanes) is 2. The molecule has 1 atom stereocenters. The second-order valence-electron chi connectivity index (χ2n) is 4.61. The lowest BCUT2D eigenvalue weighted by atomic mass is 10.1. The molecule has 0 aliphatic carbocycles. The molecule has 0 aliphatic rings. The summed E-state index contributed by atoms with van der Waals surface area (Å²) in [4.78, 5) is 2.18. The summed E-state index contributed by atoms with van der Waals surface area (Å²) < 4.78 is 13.5. The standard InChI is InChI=1S/C14H22ClFN2/c1-3-4-5-8-18(2)14(10-17)11-6-7-12(15)13(16)9-11/h6-7,9,14H,3-5,8,10,17H2,1-2H3. The molecule has 0 radical (unpaired) electrons. The van der Waals surface area contributed by atoms with E-state index in [1.54, 1.807) is 6.07 Å². The van der Waals surface area contributed by atoms with Gasteiger partial charge in [-0.1, -0.05) is 37.4 Å². The van der Waals surface area contributed by atoms with Gasteiger partial charge in [-0.05, 0) is 37.7 Å². The van der Waals surface area contributed by atoms with Crippen molar-refractivity contribution in [3.63, 3.8) is 0 Å². The van der Waals surface area contributed by atoms with E-state index in [2.05, 4.69) is 11.8 Å². The lowest BCUT2D eigenvalue weighted by molar-refractivity contribution is 0.244. The van der Waals surface area contributed by atoms with Crippen LogP contribution in [0.3, 0.4) is 0 Å². The van der Waals surface area contributed by atoms with Crippen molar-refractivity contribution in [3.05, 3.63) is 34.6 Å². The number of hydrogen-bond donors (Lipinski definition) is 1. The molecule has 0 saturated heterocycles. The van der Waals surface area contributed by atoms with Crippen LogP contribution in [0, 0.1) is 5.82 Å². The van der Waals surface area contributed by atoms with Crippen molar-refractivity contribution >= 4 is 11.6 Å². The van der Waals surface area contributed by atoms with Crippen LogP contribution in [0.15, 0.2) is 18.2 Å². The number of halogens is 2. The van der Waals surface area contributed by atoms with E-state index < -0.39 is 0 Å². The van der Waals surface area contributed by atoms with Gasteiger partial charge in [0.05, 0.1) is 5.02 Å². The zero-order chi connectivity index (χ0) is 13.5. The summed E-state index contributed by atoms with van der Waals surface area (Å²) in [6.45, 7) is 3.62. The van der Waals surface area contributed by atoms with Crippen LogP contribution in [0.25, 0.3) is 0 Å². The number of rotatable bonds is 7. The quantitative estimate of drug-likeness (QED) is 0.769. The Labute approximate surface area is 114 Å². The number of hydrogen-bond acceptors (Lipinski definition) is 2. The molecule has 0 saturated carbocycles. The Morgan fingerprint density at radius 2 is 2.11 bits per heavy atom. The highest BCUT2D eigenvalue weighted by Crippen LogP contribution is 2.23. The van der Waals surface area contributed by atoms with Crippen LogP contribution in [0.4, 0.5) is 4.39 Å². The third-order valence-corrected chi connectivity index (χ3v) is 3.50. The lowest BCUT2D eigenvalue weighted by Crippen LogP contribution is -2.31. The van der Waals surface area contributed by atoms with Gasteiger partial charge in [0.1, 0.15) is 5.82 Å². The van der Waals surface area contributed by atoms with Crippen molar-refractivity contribution < 1.29 is 4.39 Å². The van der Waals surface area contributed by atoms with Gasteiger partial charge < -0.3 is 5.73 Å². The first-order chi connectivity index (χ1) is 8.60. The molecule has 2 N–H and O–H groups in total. The third-order valence-electron chi connectivity index (χ3n) is 3.20. The molecule has 1 aromatic carbocycles. The van der Waals surface area contributed by atoms with Crippen LogP contribution in [-0.2, 0) is 0 Å². The van der Waals surface area contributed by atoms with E-state index in [9.17, 15) is 4.39 Å². The third kappa shape index (κ3) is 4.23. The second kappa shape index (κ2) is 7.72. The summed E-state index contributed by atoms with van der Waals surface area (Å²) in [6.07, 6.45) is 3.53. The van der Waals surface area contributed by atoms with Gasteiger partial charge in [-0.2, -0.15) is 0 Å². The molecule has 2 nitrogen and oxygen atoms in total. The minimum atomic E-state index is -0.380. The summed E-state index contributed by atoms with van der Waals surface area (Å²) in [5.41, 5.74) is 6.69. The molecule has 1 unspecified atom stereocenters. The smallest absolute Gasteiger partial charge is 0.142 e. The Morgan fingerprint density at radius 3 is 2.67 bits per heavy atom. The molecule has 0 amide bonds. The maximum Gasteiger partial charge on any atom is 0.142 e. The van der Waals surface area contributed by atoms with Gasteiger partial charge in [-0.15, -0.1) is 0 Å². The Morgan fingerprint density at radius 1 is 1.39 bits per heavy atom. The first-order valence-electron chi connectivity index (χ1n) is 6.45. The van der Waals surface area contributed by atoms with Crippen molar-refractivity contribution in [1.82, 2.24) is 4.90 Å². The zero-order valence-electron chi connectivity index (χ0n) is 11.1. The van der Waals surface area contributed by atoms with Crippen LogP contribution in [0.2, 0.25) is 5.02 Å². The molecule has 1 rings (SSSR count). The van der Waals surface area contributed by atoms with E-state index in [1.165, 1.54) is 18.9 Å². The molecule has 0 bridgehead atoms. The number of nitrogens with two attached hydrogens (primary N) is 1. The molecule has 0 aliphatic heterocycles. The fourth-order valence-electron chi connectivity index (χ4n) is 2.06. The summed E-state index contributed by atoms with van der Waals surface area (Å²) in [5, 5.41) is 0.156. The predicted octanol–water partition coefficient (Wildman–Crippen LogP) is 3.60. The Hall–Kier alpha value is -0.640. The lowest BCUT2D eigenvalue weighted by Gasteiger charge is -2.27. The first kappa shape index (κ1) is 15.4. The SMILES string of the molecule is CCCCCN(C)C(CN)c1ccc(Cl)c(F)c1. The second-order valence-corrected chi connectivity index (χ2v) is 5.02. The Kier molecular flexibility index (Phi) is 6.61. The van der Waals surface area contributed by atoms with E-state index >= 15 is 0 Å². The predicted molar refractivity (Wildman–Crippen MR) is 75.4 cm³/mol. The molecule has 0 spiro atoms. The highest BCUT2D eigenvalue weighted by Gasteiger charge is 2.16. The monoisotopic (exact) mass is 272 g/mol. The molecule has 0 fully saturated rings. The number of nitrogens with zero attached hydrogens (tertiary/aromatic N) is 1. The summed E-state index contributed by atoms with van der Waals surface area (Å²) in [6, 6.07) is 4.97. The Balaban J connectivity index is 2.72. The minimum Gasteiger partial charge on any atom is -0.329 e. The fraction of sp³-hybridized carbons (Fsp3) is 0.571. The molecule has 18 heavy (non-hydrogen) atoms. The van der Waals surface area contributed by atoms with Gasteiger partial charge in [0.2, 0.25) is 0 Å². The average molecular weight is 273 g/mol. The van der Waals surface area contributed by atoms with Crippen molar-refractivity contribution in [2.45, 2.75) is 32.2 Å². The van der Waals surface area contributed by atoms with Gasteiger partial charge in [-0.3, -0.25) is 4.90 Å². The highest BCUT2D eigenvalue weighted by molar-refractivity contribution is 6.30. The van der Waals surface area contributed by atoms with E-state index in [1.807, 2.05) is 13.1 Å². The topological polar surface area (TPSA) is 29.3 Å². The Bertz CT molecular complexity index is 371. The van der Waals surface area contributed by atoms with Crippen molar-refractivity contribution in [3.8, 4) is 0 Å². The van der Waals surface area contributed by atoms with Crippen LogP contribution < -0.4 is 5.73 Å². The molecule has 1 aromatic rings. The van der Waals surface area contributed by atoms with Gasteiger partial charge in [0, 0.05) is 12.6 Å². The molecular weight excluding hydrogens is 251 g/mol. The summed E-state index contributed by atoms with van der Waals surface area (Å²) in [7, 11) is 2.03. The van der Waals surface area contributed by atoms with E-state index in [0.717, 1.165) is 18.5 Å². The van der Waals surface area contributed by atoms with E-state index in [4.69, 9.17) is 17.3 Å². The van der Waals surface area contributed by atoms with Gasteiger partial charge >= 0.3 is 0 Å². The summed E-state index contributed by atoms with van der Waals surface area (Å²) >= 11 is 5.69. The van der Waals surface area contributed by atoms with Crippen LogP contribution in [0.5, 0.6) is 0 Å². The van der Waals surface area contributed by atoms with Gasteiger partial charge in [0.15, 0.2) is 0 Å². The van der Waals surface area contributed by atoms with E-state index in [-0.39, 0.29) is 16.9 Å². The number of benzene rings is 1. The normalized spacial score (nSPS) is 13.0. The van der Waals surface area contributed by atoms with Gasteiger partial charge in [-0.25, -0.2) is 4.39 Å². The molecular formula is C14H22ClFN2. The maximum atomic E-state index is 13.5. The fourth-order valence-corrected chi connectivity index (χ4v) is 2.17. The number of likely N-dealkylation sites (N-methyl/N-ethyl adjacent to an activating group) is 1. The maximum absolute atomic E-state index is 13.5. The largest absolute Gasteiger partial charge is 0.329 e. The molecule has 0 heterocycles. The minimum absolute atomic E-state index is 0.0497. The summed E-state index contributed by atoms with van der Waals surface area (Å²) in [5.74, 6) is -0.380. The van der Waals surface area contributed by atoms with Crippen LogP contribution in [-0.4, -0.2) is 25.0 Å². The molecule has 0 aromatic heterocycles. The first-order valence-corrected chi connectivity index (χ1v) is 6.83. The van der Waals surface area contributed by atoms with Crippen molar-refractivity contribution in [2.24, 2.45) is 5.73 Å². The van der Waals surface area contributed by atoms with Crippen LogP contribution in [0.1, 0.15) is 37.8 Å². The van der Waals surface area contributed by atoms with Crippen LogP contribution >= 0.6 is 11.6 Å². The van der Waals surface area contributed by atoms with Gasteiger partial charge in [0.25, 0.3) is 0 Å². The molecule has 102 valence electrons. The van der Waals surface area contributed by atoms with Crippen molar-refractivity contribution in [2.75, 3.05) is 20.1 Å². The van der Waals surface area contributed by atoms with E-state index in [0.29, 0.717) is 6.54 Å². The highest BCUT2D eigenvalue weighted by atomic mass is 35.5.